The van der Waals surface area contributed by atoms with E-state index in [-0.39, 0.29) is 18.1 Å². The fourth-order valence-corrected chi connectivity index (χ4v) is 2.24. The van der Waals surface area contributed by atoms with E-state index in [4.69, 9.17) is 14.6 Å². The molecule has 0 aromatic heterocycles. The molecular weight excluding hydrogens is 326 g/mol. The Hall–Kier alpha value is -2.28. The molecular formula is C18H27NO6. The molecule has 0 aliphatic carbocycles. The second-order valence-electron chi connectivity index (χ2n) is 5.56. The predicted molar refractivity (Wildman–Crippen MR) is 92.9 cm³/mol. The number of likely N-dealkylation sites (N-methyl/N-ethyl adjacent to an activating group) is 1. The van der Waals surface area contributed by atoms with Crippen LogP contribution in [-0.4, -0.2) is 53.3 Å². The lowest BCUT2D eigenvalue weighted by atomic mass is 10.1. The van der Waals surface area contributed by atoms with E-state index in [0.717, 1.165) is 12.8 Å². The van der Waals surface area contributed by atoms with Crippen LogP contribution in [0.15, 0.2) is 18.2 Å². The summed E-state index contributed by atoms with van der Waals surface area (Å²) in [5.41, 5.74) is 0.193. The first kappa shape index (κ1) is 20.8. The molecule has 1 aromatic carbocycles. The van der Waals surface area contributed by atoms with Crippen molar-refractivity contribution in [3.8, 4) is 11.5 Å². The van der Waals surface area contributed by atoms with Crippen LogP contribution in [0.4, 0.5) is 0 Å². The molecule has 1 aromatic rings. The minimum absolute atomic E-state index is 0.125. The van der Waals surface area contributed by atoms with E-state index in [0.29, 0.717) is 31.2 Å². The number of hydrogen-bond donors (Lipinski definition) is 2. The van der Waals surface area contributed by atoms with Crippen molar-refractivity contribution in [1.82, 2.24) is 4.90 Å². The first-order valence-electron chi connectivity index (χ1n) is 8.52. The lowest BCUT2D eigenvalue weighted by molar-refractivity contribution is -0.147. The summed E-state index contributed by atoms with van der Waals surface area (Å²) in [6, 6.07) is 4.38. The van der Waals surface area contributed by atoms with Crippen molar-refractivity contribution in [3.63, 3.8) is 0 Å². The van der Waals surface area contributed by atoms with Gasteiger partial charge in [0.25, 0.3) is 5.91 Å². The molecule has 0 radical (unpaired) electrons. The van der Waals surface area contributed by atoms with Crippen LogP contribution >= 0.6 is 0 Å². The largest absolute Gasteiger partial charge is 0.490 e. The molecule has 7 nitrogen and oxygen atoms in total. The van der Waals surface area contributed by atoms with Crippen molar-refractivity contribution in [2.24, 2.45) is 0 Å². The number of ether oxygens (including phenoxy) is 2. The summed E-state index contributed by atoms with van der Waals surface area (Å²) >= 11 is 0. The third-order valence-electron chi connectivity index (χ3n) is 3.56. The van der Waals surface area contributed by atoms with Gasteiger partial charge >= 0.3 is 5.97 Å². The number of rotatable bonds is 11. The van der Waals surface area contributed by atoms with Gasteiger partial charge in [-0.1, -0.05) is 19.9 Å². The molecule has 1 amide bonds. The van der Waals surface area contributed by atoms with Crippen LogP contribution in [0.5, 0.6) is 11.5 Å². The monoisotopic (exact) mass is 353 g/mol. The maximum Gasteiger partial charge on any atom is 0.337 e. The number of carbonyl (C=O) groups is 2. The fourth-order valence-electron chi connectivity index (χ4n) is 2.24. The Balaban J connectivity index is 2.89. The summed E-state index contributed by atoms with van der Waals surface area (Å²) in [5.74, 6) is -0.814. The van der Waals surface area contributed by atoms with E-state index in [9.17, 15) is 14.7 Å². The molecule has 25 heavy (non-hydrogen) atoms. The van der Waals surface area contributed by atoms with Gasteiger partial charge in [-0.05, 0) is 37.5 Å². The Bertz CT molecular complexity index is 575. The van der Waals surface area contributed by atoms with Crippen molar-refractivity contribution < 1.29 is 29.3 Å². The lowest BCUT2D eigenvalue weighted by Gasteiger charge is -2.21. The van der Waals surface area contributed by atoms with Crippen molar-refractivity contribution in [3.05, 3.63) is 23.8 Å². The number of aliphatic hydroxyl groups excluding tert-OH is 1. The number of aliphatic hydroxyl groups is 1. The second-order valence-corrected chi connectivity index (χ2v) is 5.56. The molecule has 140 valence electrons. The molecule has 0 bridgehead atoms. The summed E-state index contributed by atoms with van der Waals surface area (Å²) in [7, 11) is 0. The van der Waals surface area contributed by atoms with Crippen LogP contribution in [-0.2, 0) is 9.59 Å². The van der Waals surface area contributed by atoms with E-state index < -0.39 is 12.1 Å². The number of nitrogens with zero attached hydrogens (tertiary/aromatic N) is 1. The minimum atomic E-state index is -1.64. The number of hydrogen-bond acceptors (Lipinski definition) is 5. The van der Waals surface area contributed by atoms with Gasteiger partial charge in [-0.2, -0.15) is 0 Å². The minimum Gasteiger partial charge on any atom is -0.490 e. The summed E-state index contributed by atoms with van der Waals surface area (Å²) in [5, 5.41) is 18.6. The standard InChI is InChI=1S/C18H27NO6/c1-4-9-19(6-3)16(20)12-25-14-8-7-13(17(21)18(22)23)11-15(14)24-10-5-2/h7-8,11,17,21H,4-6,9-10,12H2,1-3H3,(H,22,23). The highest BCUT2D eigenvalue weighted by atomic mass is 16.5. The molecule has 1 atom stereocenters. The molecule has 0 saturated carbocycles. The van der Waals surface area contributed by atoms with Crippen molar-refractivity contribution >= 4 is 11.9 Å². The predicted octanol–water partition coefficient (Wildman–Crippen LogP) is 2.23. The Morgan fingerprint density at radius 2 is 1.84 bits per heavy atom. The van der Waals surface area contributed by atoms with Crippen LogP contribution in [0, 0.1) is 0 Å². The zero-order valence-electron chi connectivity index (χ0n) is 15.0. The van der Waals surface area contributed by atoms with Gasteiger partial charge in [0.05, 0.1) is 6.61 Å². The zero-order valence-corrected chi connectivity index (χ0v) is 15.0. The van der Waals surface area contributed by atoms with Crippen LogP contribution in [0.25, 0.3) is 0 Å². The SMILES string of the molecule is CCCOc1cc(C(O)C(=O)O)ccc1OCC(=O)N(CC)CCC. The number of carbonyl (C=O) groups excluding carboxylic acids is 1. The van der Waals surface area contributed by atoms with Gasteiger partial charge in [0.1, 0.15) is 0 Å². The highest BCUT2D eigenvalue weighted by molar-refractivity contribution is 5.78. The molecule has 0 heterocycles. The van der Waals surface area contributed by atoms with Crippen LogP contribution < -0.4 is 9.47 Å². The Morgan fingerprint density at radius 3 is 2.40 bits per heavy atom. The molecule has 2 N–H and O–H groups in total. The first-order valence-corrected chi connectivity index (χ1v) is 8.52. The fraction of sp³-hybridized carbons (Fsp3) is 0.556. The number of carboxylic acid groups (broad SMARTS) is 1. The van der Waals surface area contributed by atoms with Gasteiger partial charge in [0.2, 0.25) is 0 Å². The van der Waals surface area contributed by atoms with Crippen molar-refractivity contribution in [2.75, 3.05) is 26.3 Å². The Morgan fingerprint density at radius 1 is 1.12 bits per heavy atom. The van der Waals surface area contributed by atoms with Gasteiger partial charge in [0, 0.05) is 13.1 Å². The summed E-state index contributed by atoms with van der Waals surface area (Å²) in [6.45, 7) is 7.40. The van der Waals surface area contributed by atoms with E-state index in [1.165, 1.54) is 18.2 Å². The normalized spacial score (nSPS) is 11.7. The average Bonchev–Trinajstić information content (AvgIpc) is 2.61. The molecule has 0 spiro atoms. The van der Waals surface area contributed by atoms with Gasteiger partial charge < -0.3 is 24.6 Å². The topological polar surface area (TPSA) is 96.3 Å². The molecule has 1 rings (SSSR count). The molecule has 0 aliphatic heterocycles. The summed E-state index contributed by atoms with van der Waals surface area (Å²) in [4.78, 5) is 24.8. The Labute approximate surface area is 148 Å². The summed E-state index contributed by atoms with van der Waals surface area (Å²) < 4.78 is 11.1. The number of amides is 1. The first-order chi connectivity index (χ1) is 11.9. The zero-order chi connectivity index (χ0) is 18.8. The molecule has 1 unspecified atom stereocenters. The third kappa shape index (κ3) is 6.26. The molecule has 0 aliphatic rings. The number of aliphatic carboxylic acids is 1. The number of carboxylic acids is 1. The highest BCUT2D eigenvalue weighted by Crippen LogP contribution is 2.31. The van der Waals surface area contributed by atoms with Gasteiger partial charge in [-0.3, -0.25) is 4.79 Å². The number of benzene rings is 1. The van der Waals surface area contributed by atoms with Gasteiger partial charge in [-0.15, -0.1) is 0 Å². The second kappa shape index (κ2) is 10.6. The van der Waals surface area contributed by atoms with Gasteiger partial charge in [0.15, 0.2) is 24.2 Å². The van der Waals surface area contributed by atoms with Crippen molar-refractivity contribution in [1.29, 1.82) is 0 Å². The lowest BCUT2D eigenvalue weighted by Crippen LogP contribution is -2.35. The van der Waals surface area contributed by atoms with E-state index in [1.807, 2.05) is 20.8 Å². The maximum absolute atomic E-state index is 12.2. The molecule has 0 fully saturated rings. The molecule has 7 heteroatoms. The van der Waals surface area contributed by atoms with E-state index >= 15 is 0 Å². The average molecular weight is 353 g/mol. The third-order valence-corrected chi connectivity index (χ3v) is 3.56. The smallest absolute Gasteiger partial charge is 0.337 e. The van der Waals surface area contributed by atoms with Crippen LogP contribution in [0.3, 0.4) is 0 Å². The van der Waals surface area contributed by atoms with Crippen LogP contribution in [0.1, 0.15) is 45.3 Å². The Kier molecular flexibility index (Phi) is 8.77. The molecule has 0 saturated heterocycles. The van der Waals surface area contributed by atoms with Crippen molar-refractivity contribution in [2.45, 2.75) is 39.7 Å². The maximum atomic E-state index is 12.2. The summed E-state index contributed by atoms with van der Waals surface area (Å²) in [6.07, 6.45) is -0.0176. The van der Waals surface area contributed by atoms with Crippen LogP contribution in [0.2, 0.25) is 0 Å². The van der Waals surface area contributed by atoms with Gasteiger partial charge in [-0.25, -0.2) is 4.79 Å². The van der Waals surface area contributed by atoms with E-state index in [1.54, 1.807) is 4.90 Å². The quantitative estimate of drug-likeness (QED) is 0.633. The van der Waals surface area contributed by atoms with E-state index in [2.05, 4.69) is 0 Å². The highest BCUT2D eigenvalue weighted by Gasteiger charge is 2.19.